The molecule has 0 aliphatic heterocycles. The quantitative estimate of drug-likeness (QED) is 0.416. The zero-order valence-electron chi connectivity index (χ0n) is 17.7. The number of terminal acetylenes is 1. The monoisotopic (exact) mass is 478 g/mol. The summed E-state index contributed by atoms with van der Waals surface area (Å²) in [4.78, 5) is -0.00859. The number of ether oxygens (including phenoxy) is 1. The molecular formula is C25H16F2N2O4S. The lowest BCUT2D eigenvalue weighted by molar-refractivity contribution is 0.234. The highest BCUT2D eigenvalue weighted by molar-refractivity contribution is 7.90. The van der Waals surface area contributed by atoms with Crippen LogP contribution in [0, 0.1) is 42.2 Å². The molecule has 1 N–H and O–H groups in total. The third-order valence-electron chi connectivity index (χ3n) is 5.19. The van der Waals surface area contributed by atoms with Crippen LogP contribution in [0.4, 0.5) is 8.78 Å². The van der Waals surface area contributed by atoms with Crippen LogP contribution in [-0.4, -0.2) is 17.5 Å². The maximum Gasteiger partial charge on any atom is 0.268 e. The average Bonchev–Trinajstić information content (AvgIpc) is 3.24. The van der Waals surface area contributed by atoms with Crippen molar-refractivity contribution in [3.8, 4) is 29.9 Å². The summed E-state index contributed by atoms with van der Waals surface area (Å²) < 4.78 is 61.8. The molecule has 4 rings (SSSR count). The molecule has 1 unspecified atom stereocenters. The van der Waals surface area contributed by atoms with E-state index in [9.17, 15) is 17.9 Å². The zero-order valence-corrected chi connectivity index (χ0v) is 18.5. The van der Waals surface area contributed by atoms with Crippen LogP contribution >= 0.6 is 0 Å². The zero-order chi connectivity index (χ0) is 24.6. The number of nitriles is 1. The van der Waals surface area contributed by atoms with Gasteiger partial charge in [0.05, 0.1) is 16.0 Å². The van der Waals surface area contributed by atoms with Crippen LogP contribution in [0.3, 0.4) is 0 Å². The molecule has 0 radical (unpaired) electrons. The SMILES string of the molecule is C#CC(O)c1c(Oc2ccc(F)c(C#N)c2)c(F)cc2c1ccn2S(=O)(=O)c1ccc(C)cc1. The van der Waals surface area contributed by atoms with Crippen molar-refractivity contribution in [3.05, 3.63) is 89.1 Å². The predicted octanol–water partition coefficient (Wildman–Crippen LogP) is 4.80. The Hall–Kier alpha value is -4.18. The van der Waals surface area contributed by atoms with Gasteiger partial charge in [-0.2, -0.15) is 5.26 Å². The lowest BCUT2D eigenvalue weighted by Gasteiger charge is -2.16. The van der Waals surface area contributed by atoms with E-state index >= 15 is 4.39 Å². The fourth-order valence-corrected chi connectivity index (χ4v) is 4.83. The molecule has 9 heteroatoms. The van der Waals surface area contributed by atoms with Crippen LogP contribution in [0.1, 0.15) is 22.8 Å². The fourth-order valence-electron chi connectivity index (χ4n) is 3.50. The Kier molecular flexibility index (Phi) is 5.84. The van der Waals surface area contributed by atoms with Crippen LogP contribution in [0.2, 0.25) is 0 Å². The minimum absolute atomic E-state index is 0.00859. The van der Waals surface area contributed by atoms with E-state index in [1.54, 1.807) is 18.2 Å². The number of aliphatic hydroxyl groups excluding tert-OH is 1. The number of benzene rings is 3. The van der Waals surface area contributed by atoms with E-state index < -0.39 is 33.5 Å². The van der Waals surface area contributed by atoms with Gasteiger partial charge in [-0.3, -0.25) is 0 Å². The first-order valence-electron chi connectivity index (χ1n) is 9.84. The van der Waals surface area contributed by atoms with E-state index in [1.807, 2.05) is 6.92 Å². The fraction of sp³-hybridized carbons (Fsp3) is 0.0800. The van der Waals surface area contributed by atoms with Crippen molar-refractivity contribution in [2.24, 2.45) is 0 Å². The van der Waals surface area contributed by atoms with E-state index in [1.165, 1.54) is 30.5 Å². The van der Waals surface area contributed by atoms with Crippen molar-refractivity contribution in [1.82, 2.24) is 3.97 Å². The number of aromatic nitrogens is 1. The van der Waals surface area contributed by atoms with Crippen molar-refractivity contribution < 1.29 is 27.0 Å². The third kappa shape index (κ3) is 3.88. The molecule has 3 aromatic carbocycles. The molecule has 0 saturated heterocycles. The van der Waals surface area contributed by atoms with Gasteiger partial charge in [-0.05, 0) is 37.3 Å². The molecule has 0 amide bonds. The topological polar surface area (TPSA) is 92.3 Å². The van der Waals surface area contributed by atoms with Crippen LogP contribution < -0.4 is 4.74 Å². The smallest absolute Gasteiger partial charge is 0.268 e. The highest BCUT2D eigenvalue weighted by atomic mass is 32.2. The summed E-state index contributed by atoms with van der Waals surface area (Å²) in [5.41, 5.74) is 0.294. The van der Waals surface area contributed by atoms with Crippen LogP contribution in [0.5, 0.6) is 11.5 Å². The number of hydrogen-bond acceptors (Lipinski definition) is 5. The predicted molar refractivity (Wildman–Crippen MR) is 121 cm³/mol. The number of aryl methyl sites for hydroxylation is 1. The highest BCUT2D eigenvalue weighted by Crippen LogP contribution is 2.39. The first-order chi connectivity index (χ1) is 16.2. The van der Waals surface area contributed by atoms with Crippen LogP contribution in [-0.2, 0) is 10.0 Å². The van der Waals surface area contributed by atoms with Gasteiger partial charge in [-0.25, -0.2) is 21.2 Å². The van der Waals surface area contributed by atoms with Crippen molar-refractivity contribution >= 4 is 20.9 Å². The number of halogens is 2. The Morgan fingerprint density at radius 1 is 1.09 bits per heavy atom. The summed E-state index contributed by atoms with van der Waals surface area (Å²) in [6, 6.07) is 13.3. The van der Waals surface area contributed by atoms with E-state index in [4.69, 9.17) is 16.4 Å². The molecule has 34 heavy (non-hydrogen) atoms. The van der Waals surface area contributed by atoms with Crippen molar-refractivity contribution in [2.45, 2.75) is 17.9 Å². The number of fused-ring (bicyclic) bond motifs is 1. The number of nitrogens with zero attached hydrogens (tertiary/aromatic N) is 2. The second-order valence-corrected chi connectivity index (χ2v) is 9.20. The van der Waals surface area contributed by atoms with Crippen LogP contribution in [0.15, 0.2) is 65.7 Å². The third-order valence-corrected chi connectivity index (χ3v) is 6.90. The molecule has 170 valence electrons. The largest absolute Gasteiger partial charge is 0.454 e. The van der Waals surface area contributed by atoms with Gasteiger partial charge in [0.1, 0.15) is 23.7 Å². The summed E-state index contributed by atoms with van der Waals surface area (Å²) in [5, 5.41) is 19.6. The molecule has 0 fully saturated rings. The lowest BCUT2D eigenvalue weighted by Crippen LogP contribution is -2.12. The van der Waals surface area contributed by atoms with E-state index in [2.05, 4.69) is 5.92 Å². The minimum atomic E-state index is -4.09. The summed E-state index contributed by atoms with van der Waals surface area (Å²) in [6.45, 7) is 1.81. The molecule has 6 nitrogen and oxygen atoms in total. The molecule has 0 aliphatic rings. The Morgan fingerprint density at radius 3 is 2.44 bits per heavy atom. The maximum absolute atomic E-state index is 15.3. The highest BCUT2D eigenvalue weighted by Gasteiger charge is 2.26. The maximum atomic E-state index is 15.3. The van der Waals surface area contributed by atoms with E-state index in [-0.39, 0.29) is 32.7 Å². The summed E-state index contributed by atoms with van der Waals surface area (Å²) in [7, 11) is -4.09. The van der Waals surface area contributed by atoms with Gasteiger partial charge in [-0.1, -0.05) is 23.6 Å². The number of hydrogen-bond donors (Lipinski definition) is 1. The van der Waals surface area contributed by atoms with Crippen molar-refractivity contribution in [1.29, 1.82) is 5.26 Å². The van der Waals surface area contributed by atoms with Gasteiger partial charge in [0.25, 0.3) is 10.0 Å². The van der Waals surface area contributed by atoms with Gasteiger partial charge in [0.15, 0.2) is 11.6 Å². The second-order valence-electron chi connectivity index (χ2n) is 7.39. The Labute approximate surface area is 194 Å². The molecule has 4 aromatic rings. The summed E-state index contributed by atoms with van der Waals surface area (Å²) >= 11 is 0. The van der Waals surface area contributed by atoms with E-state index in [0.29, 0.717) is 0 Å². The standard InChI is InChI=1S/C25H16F2N2O4S/c1-3-23(30)24-19-10-11-29(34(31,32)18-7-4-15(2)5-8-18)22(19)13-21(27)25(24)33-17-6-9-20(26)16(12-17)14-28/h1,4-13,23,30H,2H3. The molecule has 0 bridgehead atoms. The minimum Gasteiger partial charge on any atom is -0.454 e. The molecule has 0 saturated carbocycles. The first-order valence-corrected chi connectivity index (χ1v) is 11.3. The second kappa shape index (κ2) is 8.64. The number of aliphatic hydroxyl groups is 1. The van der Waals surface area contributed by atoms with Gasteiger partial charge in [0, 0.05) is 29.3 Å². The van der Waals surface area contributed by atoms with Gasteiger partial charge >= 0.3 is 0 Å². The van der Waals surface area contributed by atoms with Gasteiger partial charge in [-0.15, -0.1) is 6.42 Å². The van der Waals surface area contributed by atoms with Crippen molar-refractivity contribution in [2.75, 3.05) is 0 Å². The van der Waals surface area contributed by atoms with E-state index in [0.717, 1.165) is 27.7 Å². The molecule has 1 atom stereocenters. The summed E-state index contributed by atoms with van der Waals surface area (Å²) in [5.74, 6) is -0.266. The Balaban J connectivity index is 1.92. The van der Waals surface area contributed by atoms with Crippen LogP contribution in [0.25, 0.3) is 10.9 Å². The number of rotatable bonds is 5. The molecule has 1 heterocycles. The first kappa shape index (κ1) is 23.0. The normalized spacial score (nSPS) is 12.2. The average molecular weight is 478 g/mol. The van der Waals surface area contributed by atoms with Crippen molar-refractivity contribution in [3.63, 3.8) is 0 Å². The molecule has 0 spiro atoms. The molecule has 1 aromatic heterocycles. The Bertz CT molecular complexity index is 1610. The van der Waals surface area contributed by atoms with Gasteiger partial charge in [0.2, 0.25) is 0 Å². The van der Waals surface area contributed by atoms with Gasteiger partial charge < -0.3 is 9.84 Å². The summed E-state index contributed by atoms with van der Waals surface area (Å²) in [6.07, 6.45) is 4.95. The lowest BCUT2D eigenvalue weighted by atomic mass is 10.0. The molecular weight excluding hydrogens is 462 g/mol. The Morgan fingerprint density at radius 2 is 1.79 bits per heavy atom. The molecule has 0 aliphatic carbocycles.